The van der Waals surface area contributed by atoms with Gasteiger partial charge in [0.2, 0.25) is 0 Å². The van der Waals surface area contributed by atoms with Crippen LogP contribution < -0.4 is 4.90 Å². The SMILES string of the molecule is CCN(C)c1nc(C(C)(C)C)nc2c1CCC21CCCN(C(=O)c2cccnc2)C1. The van der Waals surface area contributed by atoms with Gasteiger partial charge in [-0.15, -0.1) is 0 Å². The molecule has 0 N–H and O–H groups in total. The van der Waals surface area contributed by atoms with E-state index in [1.165, 1.54) is 11.3 Å². The summed E-state index contributed by atoms with van der Waals surface area (Å²) in [5.41, 5.74) is 2.93. The van der Waals surface area contributed by atoms with Crippen molar-refractivity contribution in [3.63, 3.8) is 0 Å². The average Bonchev–Trinajstić information content (AvgIpc) is 3.09. The van der Waals surface area contributed by atoms with Gasteiger partial charge in [-0.2, -0.15) is 0 Å². The number of carbonyl (C=O) groups is 1. The first-order valence-corrected chi connectivity index (χ1v) is 11.1. The average molecular weight is 408 g/mol. The van der Waals surface area contributed by atoms with Crippen LogP contribution in [0.2, 0.25) is 0 Å². The second-order valence-corrected chi connectivity index (χ2v) is 9.81. The Morgan fingerprint density at radius 3 is 2.73 bits per heavy atom. The minimum atomic E-state index is -0.123. The number of amides is 1. The van der Waals surface area contributed by atoms with Gasteiger partial charge in [-0.1, -0.05) is 20.8 Å². The molecule has 6 nitrogen and oxygen atoms in total. The number of pyridine rings is 1. The van der Waals surface area contributed by atoms with Gasteiger partial charge in [0.1, 0.15) is 11.6 Å². The molecule has 2 aliphatic rings. The number of aromatic nitrogens is 3. The van der Waals surface area contributed by atoms with Gasteiger partial charge in [-0.3, -0.25) is 9.78 Å². The first kappa shape index (κ1) is 20.8. The van der Waals surface area contributed by atoms with E-state index in [0.717, 1.165) is 57.0 Å². The van der Waals surface area contributed by atoms with Crippen LogP contribution in [0.3, 0.4) is 0 Å². The van der Waals surface area contributed by atoms with Gasteiger partial charge in [-0.05, 0) is 44.7 Å². The van der Waals surface area contributed by atoms with Gasteiger partial charge in [0.15, 0.2) is 0 Å². The second kappa shape index (κ2) is 7.64. The van der Waals surface area contributed by atoms with Crippen LogP contribution in [0.4, 0.5) is 5.82 Å². The first-order chi connectivity index (χ1) is 14.2. The summed E-state index contributed by atoms with van der Waals surface area (Å²) in [7, 11) is 2.11. The quantitative estimate of drug-likeness (QED) is 0.775. The molecular weight excluding hydrogens is 374 g/mol. The van der Waals surface area contributed by atoms with E-state index >= 15 is 0 Å². The van der Waals surface area contributed by atoms with Crippen molar-refractivity contribution in [3.8, 4) is 0 Å². The van der Waals surface area contributed by atoms with Crippen LogP contribution in [-0.2, 0) is 17.3 Å². The highest BCUT2D eigenvalue weighted by Crippen LogP contribution is 2.47. The monoisotopic (exact) mass is 407 g/mol. The van der Waals surface area contributed by atoms with E-state index in [9.17, 15) is 4.79 Å². The molecule has 0 radical (unpaired) electrons. The molecule has 160 valence electrons. The number of anilines is 1. The van der Waals surface area contributed by atoms with E-state index in [2.05, 4.69) is 44.6 Å². The summed E-state index contributed by atoms with van der Waals surface area (Å²) in [4.78, 5) is 31.7. The van der Waals surface area contributed by atoms with Crippen molar-refractivity contribution in [3.05, 3.63) is 47.2 Å². The Kier molecular flexibility index (Phi) is 5.28. The molecule has 1 unspecified atom stereocenters. The molecule has 2 aromatic heterocycles. The molecule has 30 heavy (non-hydrogen) atoms. The highest BCUT2D eigenvalue weighted by atomic mass is 16.2. The lowest BCUT2D eigenvalue weighted by atomic mass is 9.77. The summed E-state index contributed by atoms with van der Waals surface area (Å²) in [5, 5.41) is 0. The number of rotatable bonds is 3. The molecule has 1 aliphatic carbocycles. The van der Waals surface area contributed by atoms with E-state index in [-0.39, 0.29) is 16.7 Å². The molecule has 0 aromatic carbocycles. The van der Waals surface area contributed by atoms with Crippen LogP contribution in [0.15, 0.2) is 24.5 Å². The fourth-order valence-electron chi connectivity index (χ4n) is 4.80. The van der Waals surface area contributed by atoms with Crippen LogP contribution >= 0.6 is 0 Å². The molecule has 0 bridgehead atoms. The maximum atomic E-state index is 13.1. The fourth-order valence-corrected chi connectivity index (χ4v) is 4.80. The van der Waals surface area contributed by atoms with E-state index in [1.54, 1.807) is 12.4 Å². The van der Waals surface area contributed by atoms with Gasteiger partial charge in [0.25, 0.3) is 5.91 Å². The molecule has 6 heteroatoms. The summed E-state index contributed by atoms with van der Waals surface area (Å²) >= 11 is 0. The van der Waals surface area contributed by atoms with Crippen LogP contribution in [0, 0.1) is 0 Å². The molecule has 4 rings (SSSR count). The van der Waals surface area contributed by atoms with Gasteiger partial charge in [0, 0.05) is 55.5 Å². The fraction of sp³-hybridized carbons (Fsp3) is 0.583. The first-order valence-electron chi connectivity index (χ1n) is 11.1. The largest absolute Gasteiger partial charge is 0.360 e. The van der Waals surface area contributed by atoms with Crippen LogP contribution in [0.25, 0.3) is 0 Å². The molecule has 1 atom stereocenters. The number of carbonyl (C=O) groups excluding carboxylic acids is 1. The molecule has 3 heterocycles. The summed E-state index contributed by atoms with van der Waals surface area (Å²) in [6, 6.07) is 3.68. The predicted octanol–water partition coefficient (Wildman–Crippen LogP) is 3.75. The van der Waals surface area contributed by atoms with Crippen molar-refractivity contribution in [1.29, 1.82) is 0 Å². The Morgan fingerprint density at radius 2 is 2.07 bits per heavy atom. The van der Waals surface area contributed by atoms with E-state index in [0.29, 0.717) is 5.56 Å². The molecule has 1 saturated heterocycles. The van der Waals surface area contributed by atoms with Gasteiger partial charge < -0.3 is 9.80 Å². The maximum Gasteiger partial charge on any atom is 0.255 e. The number of nitrogens with zero attached hydrogens (tertiary/aromatic N) is 5. The number of likely N-dealkylation sites (tertiary alicyclic amines) is 1. The van der Waals surface area contributed by atoms with Gasteiger partial charge in [0.05, 0.1) is 11.3 Å². The van der Waals surface area contributed by atoms with Crippen molar-refractivity contribution in [1.82, 2.24) is 19.9 Å². The normalized spacial score (nSPS) is 21.0. The second-order valence-electron chi connectivity index (χ2n) is 9.81. The van der Waals surface area contributed by atoms with Crippen molar-refractivity contribution < 1.29 is 4.79 Å². The highest BCUT2D eigenvalue weighted by Gasteiger charge is 2.46. The Morgan fingerprint density at radius 1 is 1.27 bits per heavy atom. The zero-order valence-corrected chi connectivity index (χ0v) is 18.9. The molecule has 1 aliphatic heterocycles. The van der Waals surface area contributed by atoms with Crippen molar-refractivity contribution in [2.24, 2.45) is 0 Å². The molecule has 1 fully saturated rings. The van der Waals surface area contributed by atoms with Gasteiger partial charge in [-0.25, -0.2) is 9.97 Å². The molecule has 0 saturated carbocycles. The minimum Gasteiger partial charge on any atom is -0.360 e. The van der Waals surface area contributed by atoms with E-state index in [4.69, 9.17) is 9.97 Å². The Labute approximate surface area is 179 Å². The highest BCUT2D eigenvalue weighted by molar-refractivity contribution is 5.94. The smallest absolute Gasteiger partial charge is 0.255 e. The van der Waals surface area contributed by atoms with E-state index < -0.39 is 0 Å². The Bertz CT molecular complexity index is 937. The van der Waals surface area contributed by atoms with Crippen molar-refractivity contribution >= 4 is 11.7 Å². The summed E-state index contributed by atoms with van der Waals surface area (Å²) in [5.74, 6) is 2.04. The summed E-state index contributed by atoms with van der Waals surface area (Å²) in [6.45, 7) is 11.1. The molecule has 1 amide bonds. The lowest BCUT2D eigenvalue weighted by Crippen LogP contribution is -2.48. The summed E-state index contributed by atoms with van der Waals surface area (Å²) < 4.78 is 0. The molecular formula is C24H33N5O. The Balaban J connectivity index is 1.74. The molecule has 2 aromatic rings. The number of hydrogen-bond acceptors (Lipinski definition) is 5. The minimum absolute atomic E-state index is 0.0717. The zero-order valence-electron chi connectivity index (χ0n) is 18.9. The van der Waals surface area contributed by atoms with Crippen LogP contribution in [0.5, 0.6) is 0 Å². The van der Waals surface area contributed by atoms with Crippen molar-refractivity contribution in [2.45, 2.75) is 64.2 Å². The lowest BCUT2D eigenvalue weighted by Gasteiger charge is -2.41. The third-order valence-electron chi connectivity index (χ3n) is 6.62. The maximum absolute atomic E-state index is 13.1. The lowest BCUT2D eigenvalue weighted by molar-refractivity contribution is 0.0632. The van der Waals surface area contributed by atoms with Crippen molar-refractivity contribution in [2.75, 3.05) is 31.6 Å². The van der Waals surface area contributed by atoms with Gasteiger partial charge >= 0.3 is 0 Å². The molecule has 1 spiro atoms. The third-order valence-corrected chi connectivity index (χ3v) is 6.62. The number of hydrogen-bond donors (Lipinski definition) is 0. The summed E-state index contributed by atoms with van der Waals surface area (Å²) in [6.07, 6.45) is 7.46. The number of fused-ring (bicyclic) bond motifs is 2. The van der Waals surface area contributed by atoms with Crippen LogP contribution in [0.1, 0.15) is 74.4 Å². The van der Waals surface area contributed by atoms with Crippen LogP contribution in [-0.4, -0.2) is 52.4 Å². The topological polar surface area (TPSA) is 62.2 Å². The standard InChI is InChI=1S/C24H33N5O/c1-6-28(5)20-18-10-12-24(19(18)26-22(27-20)23(2,3)4)11-8-14-29(16-24)21(30)17-9-7-13-25-15-17/h7,9,13,15H,6,8,10-12,14,16H2,1-5H3. The zero-order chi connectivity index (χ0) is 21.5. The number of piperidine rings is 1. The Hall–Kier alpha value is -2.50. The predicted molar refractivity (Wildman–Crippen MR) is 119 cm³/mol. The third kappa shape index (κ3) is 3.57. The van der Waals surface area contributed by atoms with E-state index in [1.807, 2.05) is 17.0 Å².